The topological polar surface area (TPSA) is 58.6 Å². The van der Waals surface area contributed by atoms with E-state index in [1.807, 2.05) is 59.5 Å². The standard InChI is InChI=1S/C24H30N2O3/c1-3-4-14-25-24(28)22-17-26(23(27)15-18-8-6-5-7-9-18)16-21(22)19-10-12-20(29-2)13-11-19/h5-13,21-22H,3-4,14-17H2,1-2H3,(H,25,28)/t21-,22-/m1/s1. The maximum absolute atomic E-state index is 12.9. The Hall–Kier alpha value is -2.82. The van der Waals surface area contributed by atoms with E-state index in [1.165, 1.54) is 0 Å². The smallest absolute Gasteiger partial charge is 0.227 e. The summed E-state index contributed by atoms with van der Waals surface area (Å²) in [5, 5.41) is 3.06. The highest BCUT2D eigenvalue weighted by molar-refractivity contribution is 5.84. The van der Waals surface area contributed by atoms with Gasteiger partial charge >= 0.3 is 0 Å². The molecule has 0 aliphatic carbocycles. The molecule has 29 heavy (non-hydrogen) atoms. The molecule has 0 bridgehead atoms. The van der Waals surface area contributed by atoms with Crippen LogP contribution in [0.2, 0.25) is 0 Å². The number of rotatable bonds is 8. The molecule has 2 atom stereocenters. The quantitative estimate of drug-likeness (QED) is 0.698. The van der Waals surface area contributed by atoms with E-state index in [-0.39, 0.29) is 23.7 Å². The number of methoxy groups -OCH3 is 1. The molecule has 1 heterocycles. The van der Waals surface area contributed by atoms with Gasteiger partial charge in [0.15, 0.2) is 0 Å². The molecule has 0 spiro atoms. The van der Waals surface area contributed by atoms with Crippen molar-refractivity contribution in [2.24, 2.45) is 5.92 Å². The van der Waals surface area contributed by atoms with Gasteiger partial charge in [-0.15, -0.1) is 0 Å². The number of likely N-dealkylation sites (tertiary alicyclic amines) is 1. The third-order valence-corrected chi connectivity index (χ3v) is 5.58. The van der Waals surface area contributed by atoms with Crippen molar-refractivity contribution in [3.63, 3.8) is 0 Å². The summed E-state index contributed by atoms with van der Waals surface area (Å²) in [7, 11) is 1.64. The summed E-state index contributed by atoms with van der Waals surface area (Å²) in [5.41, 5.74) is 2.06. The third kappa shape index (κ3) is 5.37. The Labute approximate surface area is 173 Å². The number of benzene rings is 2. The van der Waals surface area contributed by atoms with Gasteiger partial charge in [0.25, 0.3) is 0 Å². The summed E-state index contributed by atoms with van der Waals surface area (Å²) < 4.78 is 5.25. The van der Waals surface area contributed by atoms with Crippen LogP contribution in [0.25, 0.3) is 0 Å². The van der Waals surface area contributed by atoms with Gasteiger partial charge in [-0.2, -0.15) is 0 Å². The number of nitrogens with zero attached hydrogens (tertiary/aromatic N) is 1. The van der Waals surface area contributed by atoms with Crippen LogP contribution in [0, 0.1) is 5.92 Å². The van der Waals surface area contributed by atoms with Crippen molar-refractivity contribution in [1.29, 1.82) is 0 Å². The van der Waals surface area contributed by atoms with E-state index < -0.39 is 0 Å². The van der Waals surface area contributed by atoms with Gasteiger partial charge in [0.1, 0.15) is 5.75 Å². The van der Waals surface area contributed by atoms with Gasteiger partial charge in [0.05, 0.1) is 19.4 Å². The van der Waals surface area contributed by atoms with Crippen LogP contribution in [0.4, 0.5) is 0 Å². The van der Waals surface area contributed by atoms with Crippen molar-refractivity contribution in [2.45, 2.75) is 32.1 Å². The van der Waals surface area contributed by atoms with Crippen LogP contribution in [0.3, 0.4) is 0 Å². The normalized spacial score (nSPS) is 18.5. The molecule has 1 fully saturated rings. The number of hydrogen-bond acceptors (Lipinski definition) is 3. The lowest BCUT2D eigenvalue weighted by Gasteiger charge is -2.18. The number of amides is 2. The van der Waals surface area contributed by atoms with Gasteiger partial charge in [-0.3, -0.25) is 9.59 Å². The minimum Gasteiger partial charge on any atom is -0.497 e. The summed E-state index contributed by atoms with van der Waals surface area (Å²) in [6.45, 7) is 3.80. The first-order chi connectivity index (χ1) is 14.1. The number of nitrogens with one attached hydrogen (secondary N) is 1. The molecule has 1 saturated heterocycles. The molecule has 3 rings (SSSR count). The van der Waals surface area contributed by atoms with Gasteiger partial charge < -0.3 is 15.0 Å². The SMILES string of the molecule is CCCCNC(=O)[C@@H]1CN(C(=O)Cc2ccccc2)C[C@@H]1c1ccc(OC)cc1. The third-order valence-electron chi connectivity index (χ3n) is 5.58. The molecule has 1 aliphatic rings. The Morgan fingerprint density at radius 3 is 2.45 bits per heavy atom. The van der Waals surface area contributed by atoms with E-state index in [9.17, 15) is 9.59 Å². The number of carbonyl (C=O) groups excluding carboxylic acids is 2. The zero-order valence-corrected chi connectivity index (χ0v) is 17.3. The predicted molar refractivity (Wildman–Crippen MR) is 114 cm³/mol. The second-order valence-electron chi connectivity index (χ2n) is 7.59. The molecule has 0 aromatic heterocycles. The van der Waals surface area contributed by atoms with Crippen molar-refractivity contribution >= 4 is 11.8 Å². The van der Waals surface area contributed by atoms with E-state index in [2.05, 4.69) is 12.2 Å². The fourth-order valence-corrected chi connectivity index (χ4v) is 3.86. The van der Waals surface area contributed by atoms with Crippen LogP contribution in [0.1, 0.15) is 36.8 Å². The van der Waals surface area contributed by atoms with Gasteiger partial charge in [0, 0.05) is 25.6 Å². The lowest BCUT2D eigenvalue weighted by Crippen LogP contribution is -2.36. The van der Waals surface area contributed by atoms with Crippen molar-refractivity contribution in [3.8, 4) is 5.75 Å². The molecule has 0 radical (unpaired) electrons. The van der Waals surface area contributed by atoms with Gasteiger partial charge in [-0.05, 0) is 29.7 Å². The molecule has 154 valence electrons. The second-order valence-corrected chi connectivity index (χ2v) is 7.59. The number of unbranched alkanes of at least 4 members (excludes halogenated alkanes) is 1. The van der Waals surface area contributed by atoms with Crippen LogP contribution in [0.5, 0.6) is 5.75 Å². The van der Waals surface area contributed by atoms with E-state index in [0.717, 1.165) is 29.7 Å². The van der Waals surface area contributed by atoms with Gasteiger partial charge in [-0.25, -0.2) is 0 Å². The van der Waals surface area contributed by atoms with Crippen LogP contribution in [0.15, 0.2) is 54.6 Å². The lowest BCUT2D eigenvalue weighted by atomic mass is 9.88. The fraction of sp³-hybridized carbons (Fsp3) is 0.417. The van der Waals surface area contributed by atoms with Crippen LogP contribution in [-0.2, 0) is 16.0 Å². The molecule has 0 unspecified atom stereocenters. The number of ether oxygens (including phenoxy) is 1. The minimum absolute atomic E-state index is 0.0118. The Bertz CT molecular complexity index is 805. The van der Waals surface area contributed by atoms with Crippen molar-refractivity contribution in [2.75, 3.05) is 26.7 Å². The lowest BCUT2D eigenvalue weighted by molar-refractivity contribution is -0.130. The highest BCUT2D eigenvalue weighted by Gasteiger charge is 2.40. The maximum Gasteiger partial charge on any atom is 0.227 e. The Morgan fingerprint density at radius 1 is 1.07 bits per heavy atom. The summed E-state index contributed by atoms with van der Waals surface area (Å²) in [6.07, 6.45) is 2.36. The van der Waals surface area contributed by atoms with E-state index in [1.54, 1.807) is 7.11 Å². The number of hydrogen-bond donors (Lipinski definition) is 1. The molecule has 5 heteroatoms. The average molecular weight is 395 g/mol. The highest BCUT2D eigenvalue weighted by atomic mass is 16.5. The first-order valence-corrected chi connectivity index (χ1v) is 10.4. The Balaban J connectivity index is 1.75. The van der Waals surface area contributed by atoms with Crippen LogP contribution >= 0.6 is 0 Å². The average Bonchev–Trinajstić information content (AvgIpc) is 3.20. The highest BCUT2D eigenvalue weighted by Crippen LogP contribution is 2.34. The van der Waals surface area contributed by atoms with E-state index in [0.29, 0.717) is 26.1 Å². The van der Waals surface area contributed by atoms with Gasteiger partial charge in [0.2, 0.25) is 11.8 Å². The van der Waals surface area contributed by atoms with E-state index >= 15 is 0 Å². The molecule has 2 amide bonds. The second kappa shape index (κ2) is 10.1. The maximum atomic E-state index is 12.9. The molecule has 2 aromatic rings. The molecule has 1 N–H and O–H groups in total. The summed E-state index contributed by atoms with van der Waals surface area (Å²) >= 11 is 0. The molecule has 5 nitrogen and oxygen atoms in total. The summed E-state index contributed by atoms with van der Waals surface area (Å²) in [4.78, 5) is 27.6. The molecule has 0 saturated carbocycles. The van der Waals surface area contributed by atoms with Gasteiger partial charge in [-0.1, -0.05) is 55.8 Å². The summed E-state index contributed by atoms with van der Waals surface area (Å²) in [6, 6.07) is 17.6. The predicted octanol–water partition coefficient (Wildman–Crippen LogP) is 3.40. The van der Waals surface area contributed by atoms with Crippen molar-refractivity contribution in [1.82, 2.24) is 10.2 Å². The zero-order valence-electron chi connectivity index (χ0n) is 17.3. The number of carbonyl (C=O) groups is 2. The fourth-order valence-electron chi connectivity index (χ4n) is 3.86. The molecule has 2 aromatic carbocycles. The van der Waals surface area contributed by atoms with E-state index in [4.69, 9.17) is 4.74 Å². The van der Waals surface area contributed by atoms with Crippen molar-refractivity contribution < 1.29 is 14.3 Å². The zero-order chi connectivity index (χ0) is 20.6. The Morgan fingerprint density at radius 2 is 1.79 bits per heavy atom. The molecule has 1 aliphatic heterocycles. The summed E-state index contributed by atoms with van der Waals surface area (Å²) in [5.74, 6) is 0.641. The minimum atomic E-state index is -0.236. The van der Waals surface area contributed by atoms with Crippen LogP contribution in [-0.4, -0.2) is 43.5 Å². The molecular formula is C24H30N2O3. The first-order valence-electron chi connectivity index (χ1n) is 10.4. The monoisotopic (exact) mass is 394 g/mol. The Kier molecular flexibility index (Phi) is 7.28. The largest absolute Gasteiger partial charge is 0.497 e. The molecular weight excluding hydrogens is 364 g/mol. The van der Waals surface area contributed by atoms with Crippen LogP contribution < -0.4 is 10.1 Å². The first kappa shape index (κ1) is 20.9. The van der Waals surface area contributed by atoms with Crippen molar-refractivity contribution in [3.05, 3.63) is 65.7 Å².